The number of carbonyl (C=O) groups excluding carboxylic acids is 4. The highest BCUT2D eigenvalue weighted by Gasteiger charge is 2.64. The van der Waals surface area contributed by atoms with Gasteiger partial charge in [-0.1, -0.05) is 6.08 Å². The zero-order valence-corrected chi connectivity index (χ0v) is 18.3. The number of hydrazone groups is 1. The molecule has 2 amide bonds. The van der Waals surface area contributed by atoms with Gasteiger partial charge in [-0.15, -0.1) is 0 Å². The van der Waals surface area contributed by atoms with Crippen LogP contribution >= 0.6 is 0 Å². The lowest BCUT2D eigenvalue weighted by molar-refractivity contribution is -0.384. The normalized spacial score (nSPS) is 24.4. The second-order valence-corrected chi connectivity index (χ2v) is 8.28. The van der Waals surface area contributed by atoms with E-state index in [1.165, 1.54) is 66.7 Å². The minimum Gasteiger partial charge on any atom is -0.427 e. The van der Waals surface area contributed by atoms with Crippen LogP contribution in [0.3, 0.4) is 0 Å². The van der Waals surface area contributed by atoms with E-state index in [1.54, 1.807) is 12.2 Å². The number of nitro groups is 1. The lowest BCUT2D eigenvalue weighted by atomic mass is 9.86. The molecule has 2 fully saturated rings. The van der Waals surface area contributed by atoms with E-state index in [2.05, 4.69) is 5.10 Å². The Balaban J connectivity index is 1.50. The number of carbonyl (C=O) groups is 4. The zero-order chi connectivity index (χ0) is 24.9. The fourth-order valence-electron chi connectivity index (χ4n) is 4.84. The molecule has 0 radical (unpaired) electrons. The number of anilines is 1. The third kappa shape index (κ3) is 3.57. The van der Waals surface area contributed by atoms with Gasteiger partial charge in [0.15, 0.2) is 5.78 Å². The number of esters is 1. The molecule has 0 aliphatic carbocycles. The highest BCUT2D eigenvalue weighted by atomic mass is 16.6. The maximum absolute atomic E-state index is 13.6. The first kappa shape index (κ1) is 22.1. The van der Waals surface area contributed by atoms with E-state index in [9.17, 15) is 29.3 Å². The fraction of sp³-hybridized carbons (Fsp3) is 0.208. The number of Topliss-reactive ketones (excluding diaryl/α,β-unsaturated/α-hetero) is 1. The van der Waals surface area contributed by atoms with Crippen molar-refractivity contribution in [1.29, 1.82) is 0 Å². The van der Waals surface area contributed by atoms with Gasteiger partial charge < -0.3 is 4.74 Å². The number of nitrogens with zero attached hydrogens (tertiary/aromatic N) is 4. The van der Waals surface area contributed by atoms with E-state index in [0.29, 0.717) is 0 Å². The number of ketones is 1. The van der Waals surface area contributed by atoms with Crippen molar-refractivity contribution in [2.45, 2.75) is 19.0 Å². The van der Waals surface area contributed by atoms with Crippen LogP contribution in [0.5, 0.6) is 5.75 Å². The maximum Gasteiger partial charge on any atom is 0.308 e. The quantitative estimate of drug-likeness (QED) is 0.160. The van der Waals surface area contributed by atoms with E-state index in [4.69, 9.17) is 4.74 Å². The Morgan fingerprint density at radius 1 is 1.00 bits per heavy atom. The first-order valence-corrected chi connectivity index (χ1v) is 10.7. The summed E-state index contributed by atoms with van der Waals surface area (Å²) < 4.78 is 5.01. The van der Waals surface area contributed by atoms with Crippen molar-refractivity contribution in [2.24, 2.45) is 16.9 Å². The lowest BCUT2D eigenvalue weighted by Crippen LogP contribution is -2.46. The summed E-state index contributed by atoms with van der Waals surface area (Å²) in [5.41, 5.74) is 0.296. The largest absolute Gasteiger partial charge is 0.427 e. The number of benzene rings is 2. The Kier molecular flexibility index (Phi) is 5.24. The molecule has 5 rings (SSSR count). The van der Waals surface area contributed by atoms with E-state index < -0.39 is 52.4 Å². The van der Waals surface area contributed by atoms with Crippen LogP contribution in [0.25, 0.3) is 0 Å². The molecule has 0 spiro atoms. The molecule has 0 aromatic heterocycles. The smallest absolute Gasteiger partial charge is 0.308 e. The molecule has 11 nitrogen and oxygen atoms in total. The number of ether oxygens (including phenoxy) is 1. The lowest BCUT2D eigenvalue weighted by Gasteiger charge is -2.30. The highest BCUT2D eigenvalue weighted by molar-refractivity contribution is 6.24. The van der Waals surface area contributed by atoms with Crippen molar-refractivity contribution in [3.05, 3.63) is 76.4 Å². The average molecular weight is 474 g/mol. The van der Waals surface area contributed by atoms with Crippen LogP contribution in [0.2, 0.25) is 0 Å². The third-order valence-electron chi connectivity index (χ3n) is 6.28. The number of hydrogen-bond donors (Lipinski definition) is 0. The van der Waals surface area contributed by atoms with Crippen LogP contribution in [-0.2, 0) is 14.4 Å². The van der Waals surface area contributed by atoms with Crippen molar-refractivity contribution >= 4 is 41.2 Å². The monoisotopic (exact) mass is 474 g/mol. The van der Waals surface area contributed by atoms with Crippen LogP contribution in [0.1, 0.15) is 17.3 Å². The molecule has 3 aliphatic rings. The number of allylic oxidation sites excluding steroid dienone is 1. The van der Waals surface area contributed by atoms with Crippen LogP contribution in [-0.4, -0.2) is 51.8 Å². The van der Waals surface area contributed by atoms with Gasteiger partial charge in [0.2, 0.25) is 11.8 Å². The minimum atomic E-state index is -1.04. The second-order valence-electron chi connectivity index (χ2n) is 8.28. The molecule has 2 aromatic carbocycles. The zero-order valence-electron chi connectivity index (χ0n) is 18.3. The van der Waals surface area contributed by atoms with Gasteiger partial charge in [-0.25, -0.2) is 4.90 Å². The summed E-state index contributed by atoms with van der Waals surface area (Å²) in [6, 6.07) is 9.40. The van der Waals surface area contributed by atoms with Gasteiger partial charge in [0.1, 0.15) is 11.8 Å². The van der Waals surface area contributed by atoms with Gasteiger partial charge in [0.05, 0.1) is 28.5 Å². The van der Waals surface area contributed by atoms with Crippen LogP contribution in [0.15, 0.2) is 65.8 Å². The molecule has 176 valence electrons. The van der Waals surface area contributed by atoms with Crippen LogP contribution in [0, 0.1) is 22.0 Å². The molecule has 4 atom stereocenters. The topological polar surface area (TPSA) is 139 Å². The molecular formula is C24H18N4O7. The summed E-state index contributed by atoms with van der Waals surface area (Å²) in [6.45, 7) is 1.26. The molecule has 0 N–H and O–H groups in total. The molecule has 0 unspecified atom stereocenters. The summed E-state index contributed by atoms with van der Waals surface area (Å²) >= 11 is 0. The predicted molar refractivity (Wildman–Crippen MR) is 122 cm³/mol. The molecule has 35 heavy (non-hydrogen) atoms. The first-order valence-electron chi connectivity index (χ1n) is 10.7. The summed E-state index contributed by atoms with van der Waals surface area (Å²) in [5.74, 6) is -3.54. The van der Waals surface area contributed by atoms with Crippen LogP contribution < -0.4 is 9.64 Å². The molecular weight excluding hydrogens is 456 g/mol. The molecule has 3 aliphatic heterocycles. The Morgan fingerprint density at radius 2 is 1.66 bits per heavy atom. The van der Waals surface area contributed by atoms with Gasteiger partial charge in [-0.3, -0.25) is 34.3 Å². The summed E-state index contributed by atoms with van der Waals surface area (Å²) in [4.78, 5) is 63.1. The van der Waals surface area contributed by atoms with Gasteiger partial charge in [-0.05, 0) is 42.5 Å². The molecule has 2 saturated heterocycles. The average Bonchev–Trinajstić information content (AvgIpc) is 3.31. The minimum absolute atomic E-state index is 0.172. The van der Waals surface area contributed by atoms with Crippen molar-refractivity contribution < 1.29 is 28.8 Å². The number of imide groups is 1. The maximum atomic E-state index is 13.6. The van der Waals surface area contributed by atoms with Crippen molar-refractivity contribution in [2.75, 3.05) is 4.90 Å². The first-order chi connectivity index (χ1) is 16.8. The van der Waals surface area contributed by atoms with Crippen LogP contribution in [0.4, 0.5) is 11.4 Å². The summed E-state index contributed by atoms with van der Waals surface area (Å²) in [6.07, 6.45) is 4.88. The van der Waals surface area contributed by atoms with Crippen molar-refractivity contribution in [3.63, 3.8) is 0 Å². The van der Waals surface area contributed by atoms with Gasteiger partial charge in [-0.2, -0.15) is 5.10 Å². The Morgan fingerprint density at radius 3 is 2.29 bits per heavy atom. The molecule has 0 bridgehead atoms. The van der Waals surface area contributed by atoms with Gasteiger partial charge >= 0.3 is 5.97 Å². The van der Waals surface area contributed by atoms with E-state index in [0.717, 1.165) is 4.90 Å². The summed E-state index contributed by atoms with van der Waals surface area (Å²) in [7, 11) is 0. The van der Waals surface area contributed by atoms with Crippen molar-refractivity contribution in [1.82, 2.24) is 5.01 Å². The number of hydrogen-bond acceptors (Lipinski definition) is 9. The Hall–Kier alpha value is -4.67. The summed E-state index contributed by atoms with van der Waals surface area (Å²) in [5, 5.41) is 16.8. The second kappa shape index (κ2) is 8.28. The molecule has 0 saturated carbocycles. The SMILES string of the molecule is CC(=O)Oc1ccc(C(=O)[C@@H]2[C@@H]3C(=O)N(c4ccc([N+](=O)[O-])cc4)C(=O)[C@@H]3[C@H]3C=CC=NN32)cc1. The standard InChI is InChI=1S/C24H18N4O7/c1-13(29)35-17-10-4-14(5-11-17)22(30)21-20-19(18-3-2-12-25-27(18)21)23(31)26(24(20)32)15-6-8-16(9-7-15)28(33)34/h2-12,18-21H,1H3/t18-,19-,20-,21+/m1/s1. The number of fused-ring (bicyclic) bond motifs is 3. The number of amides is 2. The number of non-ortho nitro benzene ring substituents is 1. The number of nitro benzene ring substituents is 1. The highest BCUT2D eigenvalue weighted by Crippen LogP contribution is 2.46. The van der Waals surface area contributed by atoms with E-state index >= 15 is 0 Å². The fourth-order valence-corrected chi connectivity index (χ4v) is 4.84. The Bertz CT molecular complexity index is 1320. The van der Waals surface area contributed by atoms with Gasteiger partial charge in [0.25, 0.3) is 5.69 Å². The molecule has 3 heterocycles. The number of rotatable bonds is 5. The van der Waals surface area contributed by atoms with E-state index in [1.807, 2.05) is 0 Å². The van der Waals surface area contributed by atoms with Crippen molar-refractivity contribution in [3.8, 4) is 5.75 Å². The van der Waals surface area contributed by atoms with E-state index in [-0.39, 0.29) is 22.7 Å². The predicted octanol–water partition coefficient (Wildman–Crippen LogP) is 2.12. The Labute approximate surface area is 198 Å². The third-order valence-corrected chi connectivity index (χ3v) is 6.28. The molecule has 11 heteroatoms. The molecule has 2 aromatic rings. The van der Waals surface area contributed by atoms with Gasteiger partial charge in [0, 0.05) is 30.8 Å².